The van der Waals surface area contributed by atoms with Gasteiger partial charge in [-0.1, -0.05) is 35.5 Å². The molecule has 0 unspecified atom stereocenters. The summed E-state index contributed by atoms with van der Waals surface area (Å²) < 4.78 is 8.90. The highest BCUT2D eigenvalue weighted by Crippen LogP contribution is 2.27. The topological polar surface area (TPSA) is 52.8 Å². The van der Waals surface area contributed by atoms with Crippen LogP contribution < -0.4 is 4.74 Å². The number of aromatic nitrogens is 4. The van der Waals surface area contributed by atoms with Gasteiger partial charge in [-0.25, -0.2) is 4.98 Å². The van der Waals surface area contributed by atoms with Gasteiger partial charge in [0.2, 0.25) is 0 Å². The van der Waals surface area contributed by atoms with Crippen molar-refractivity contribution in [3.05, 3.63) is 64.4 Å². The molecule has 0 fully saturated rings. The molecule has 2 aromatic carbocycles. The van der Waals surface area contributed by atoms with Crippen LogP contribution in [-0.4, -0.2) is 19.7 Å². The Labute approximate surface area is 164 Å². The second kappa shape index (κ2) is 7.65. The Hall–Kier alpha value is -2.09. The highest BCUT2D eigenvalue weighted by atomic mass is 35.5. The number of ether oxygens (including phenoxy) is 1. The highest BCUT2D eigenvalue weighted by Gasteiger charge is 2.12. The molecule has 0 amide bonds. The lowest BCUT2D eigenvalue weighted by molar-refractivity contribution is 0.290. The molecule has 2 heterocycles. The van der Waals surface area contributed by atoms with E-state index >= 15 is 0 Å². The van der Waals surface area contributed by atoms with Crippen molar-refractivity contribution < 1.29 is 4.74 Å². The number of nitrogens with zero attached hydrogens (tertiary/aromatic N) is 4. The zero-order chi connectivity index (χ0) is 17.9. The molecule has 0 aliphatic heterocycles. The summed E-state index contributed by atoms with van der Waals surface area (Å²) in [7, 11) is 1.95. The minimum atomic E-state index is 0.354. The molecule has 0 saturated carbocycles. The molecule has 5 nitrogen and oxygen atoms in total. The quantitative estimate of drug-likeness (QED) is 0.427. The molecular weight excluding hydrogens is 388 g/mol. The van der Waals surface area contributed by atoms with Crippen molar-refractivity contribution in [1.29, 1.82) is 0 Å². The molecule has 0 saturated heterocycles. The smallest absolute Gasteiger partial charge is 0.191 e. The Morgan fingerprint density at radius 1 is 1.12 bits per heavy atom. The van der Waals surface area contributed by atoms with Gasteiger partial charge in [0.25, 0.3) is 0 Å². The van der Waals surface area contributed by atoms with Gasteiger partial charge >= 0.3 is 0 Å². The van der Waals surface area contributed by atoms with Crippen molar-refractivity contribution in [3.63, 3.8) is 0 Å². The minimum Gasteiger partial charge on any atom is -0.486 e. The summed E-state index contributed by atoms with van der Waals surface area (Å²) in [5.74, 6) is 2.29. The van der Waals surface area contributed by atoms with E-state index in [1.165, 1.54) is 4.70 Å². The number of thiazole rings is 1. The molecule has 26 heavy (non-hydrogen) atoms. The van der Waals surface area contributed by atoms with E-state index in [1.54, 1.807) is 35.2 Å². The molecule has 0 aliphatic rings. The highest BCUT2D eigenvalue weighted by molar-refractivity contribution is 7.98. The second-order valence-corrected chi connectivity index (χ2v) is 8.06. The fourth-order valence-electron chi connectivity index (χ4n) is 2.38. The first kappa shape index (κ1) is 17.3. The second-order valence-electron chi connectivity index (χ2n) is 5.56. The van der Waals surface area contributed by atoms with E-state index in [2.05, 4.69) is 21.2 Å². The number of hydrogen-bond acceptors (Lipinski definition) is 6. The normalized spacial score (nSPS) is 11.2. The van der Waals surface area contributed by atoms with Crippen LogP contribution in [0.25, 0.3) is 10.2 Å². The first-order valence-electron chi connectivity index (χ1n) is 7.93. The zero-order valence-electron chi connectivity index (χ0n) is 13.9. The number of halogens is 1. The Kier molecular flexibility index (Phi) is 5.10. The predicted octanol–water partition coefficient (Wildman–Crippen LogP) is 4.95. The van der Waals surface area contributed by atoms with Crippen LogP contribution in [0.3, 0.4) is 0 Å². The van der Waals surface area contributed by atoms with Crippen LogP contribution >= 0.6 is 34.7 Å². The maximum absolute atomic E-state index is 5.88. The molecule has 0 aliphatic carbocycles. The SMILES string of the molecule is Cn1c(COc2ccc(Cl)cc2)nnc1SCc1nc2ccccc2s1. The predicted molar refractivity (Wildman–Crippen MR) is 106 cm³/mol. The van der Waals surface area contributed by atoms with E-state index in [1.807, 2.05) is 41.9 Å². The third-order valence-corrected chi connectivity index (χ3v) is 6.27. The van der Waals surface area contributed by atoms with Gasteiger partial charge in [-0.15, -0.1) is 21.5 Å². The first-order chi connectivity index (χ1) is 12.7. The third kappa shape index (κ3) is 3.85. The van der Waals surface area contributed by atoms with Crippen LogP contribution in [-0.2, 0) is 19.4 Å². The van der Waals surface area contributed by atoms with E-state index < -0.39 is 0 Å². The van der Waals surface area contributed by atoms with Crippen LogP contribution in [0, 0.1) is 0 Å². The van der Waals surface area contributed by atoms with E-state index in [-0.39, 0.29) is 0 Å². The molecule has 0 atom stereocenters. The van der Waals surface area contributed by atoms with Gasteiger partial charge in [0, 0.05) is 12.1 Å². The van der Waals surface area contributed by atoms with E-state index in [0.29, 0.717) is 11.6 Å². The van der Waals surface area contributed by atoms with Crippen molar-refractivity contribution >= 4 is 44.9 Å². The monoisotopic (exact) mass is 402 g/mol. The average molecular weight is 403 g/mol. The summed E-state index contributed by atoms with van der Waals surface area (Å²) in [6.45, 7) is 0.354. The van der Waals surface area contributed by atoms with Crippen molar-refractivity contribution in [2.24, 2.45) is 7.05 Å². The van der Waals surface area contributed by atoms with Crippen LogP contribution in [0.15, 0.2) is 53.7 Å². The van der Waals surface area contributed by atoms with Crippen molar-refractivity contribution in [3.8, 4) is 5.75 Å². The van der Waals surface area contributed by atoms with Crippen molar-refractivity contribution in [2.75, 3.05) is 0 Å². The summed E-state index contributed by atoms with van der Waals surface area (Å²) >= 11 is 9.22. The summed E-state index contributed by atoms with van der Waals surface area (Å²) in [6.07, 6.45) is 0. The average Bonchev–Trinajstić information content (AvgIpc) is 3.22. The molecule has 132 valence electrons. The number of benzene rings is 2. The fourth-order valence-corrected chi connectivity index (χ4v) is 4.40. The lowest BCUT2D eigenvalue weighted by Gasteiger charge is -2.06. The van der Waals surface area contributed by atoms with Crippen LogP contribution in [0.5, 0.6) is 5.75 Å². The number of hydrogen-bond donors (Lipinski definition) is 0. The Bertz CT molecular complexity index is 996. The number of thioether (sulfide) groups is 1. The largest absolute Gasteiger partial charge is 0.486 e. The summed E-state index contributed by atoms with van der Waals surface area (Å²) in [6, 6.07) is 15.4. The summed E-state index contributed by atoms with van der Waals surface area (Å²) in [4.78, 5) is 4.65. The van der Waals surface area contributed by atoms with Gasteiger partial charge in [0.05, 0.1) is 16.0 Å². The van der Waals surface area contributed by atoms with Gasteiger partial charge in [-0.2, -0.15) is 0 Å². The zero-order valence-corrected chi connectivity index (χ0v) is 16.3. The van der Waals surface area contributed by atoms with Gasteiger partial charge < -0.3 is 9.30 Å². The van der Waals surface area contributed by atoms with Gasteiger partial charge in [-0.3, -0.25) is 0 Å². The van der Waals surface area contributed by atoms with Gasteiger partial charge in [0.1, 0.15) is 17.4 Å². The Balaban J connectivity index is 1.39. The standard InChI is InChI=1S/C18H15ClN4OS2/c1-23-16(10-24-13-8-6-12(19)7-9-13)21-22-18(23)25-11-17-20-14-4-2-3-5-15(14)26-17/h2-9H,10-11H2,1H3. The lowest BCUT2D eigenvalue weighted by atomic mass is 10.3. The maximum Gasteiger partial charge on any atom is 0.191 e. The first-order valence-corrected chi connectivity index (χ1v) is 10.1. The molecule has 0 N–H and O–H groups in total. The van der Waals surface area contributed by atoms with E-state index in [0.717, 1.165) is 33.0 Å². The molecule has 0 bridgehead atoms. The third-order valence-electron chi connectivity index (χ3n) is 3.77. The molecule has 8 heteroatoms. The summed E-state index contributed by atoms with van der Waals surface area (Å²) in [5.41, 5.74) is 1.04. The fraction of sp³-hybridized carbons (Fsp3) is 0.167. The van der Waals surface area contributed by atoms with Crippen LogP contribution in [0.1, 0.15) is 10.8 Å². The number of rotatable bonds is 6. The molecule has 0 spiro atoms. The number of fused-ring (bicyclic) bond motifs is 1. The molecule has 4 rings (SSSR count). The minimum absolute atomic E-state index is 0.354. The number of para-hydroxylation sites is 1. The van der Waals surface area contributed by atoms with Gasteiger partial charge in [-0.05, 0) is 36.4 Å². The molecule has 4 aromatic rings. The lowest BCUT2D eigenvalue weighted by Crippen LogP contribution is -2.04. The molecule has 0 radical (unpaired) electrons. The van der Waals surface area contributed by atoms with E-state index in [9.17, 15) is 0 Å². The van der Waals surface area contributed by atoms with E-state index in [4.69, 9.17) is 16.3 Å². The Morgan fingerprint density at radius 2 is 1.92 bits per heavy atom. The van der Waals surface area contributed by atoms with Gasteiger partial charge in [0.15, 0.2) is 11.0 Å². The van der Waals surface area contributed by atoms with Crippen LogP contribution in [0.2, 0.25) is 5.02 Å². The maximum atomic E-state index is 5.88. The van der Waals surface area contributed by atoms with Crippen molar-refractivity contribution in [2.45, 2.75) is 17.5 Å². The van der Waals surface area contributed by atoms with Crippen LogP contribution in [0.4, 0.5) is 0 Å². The molecular formula is C18H15ClN4OS2. The summed E-state index contributed by atoms with van der Waals surface area (Å²) in [5, 5.41) is 11.1. The Morgan fingerprint density at radius 3 is 2.73 bits per heavy atom. The van der Waals surface area contributed by atoms with Crippen molar-refractivity contribution in [1.82, 2.24) is 19.7 Å². The molecule has 2 aromatic heterocycles.